The molecule has 98 valence electrons. The van der Waals surface area contributed by atoms with Gasteiger partial charge < -0.3 is 10.2 Å². The number of benzene rings is 1. The van der Waals surface area contributed by atoms with E-state index in [-0.39, 0.29) is 5.91 Å². The van der Waals surface area contributed by atoms with Crippen LogP contribution in [0.15, 0.2) is 24.3 Å². The zero-order valence-electron chi connectivity index (χ0n) is 10.5. The van der Waals surface area contributed by atoms with E-state index in [0.29, 0.717) is 0 Å². The molecule has 0 atom stereocenters. The van der Waals surface area contributed by atoms with Crippen LogP contribution in [0.5, 0.6) is 0 Å². The van der Waals surface area contributed by atoms with Crippen molar-refractivity contribution in [2.45, 2.75) is 19.3 Å². The molecule has 0 bridgehead atoms. The number of hydrogen-bond acceptors (Lipinski definition) is 2. The molecule has 1 aromatic rings. The van der Waals surface area contributed by atoms with Crippen molar-refractivity contribution in [2.75, 3.05) is 26.2 Å². The van der Waals surface area contributed by atoms with E-state index in [9.17, 15) is 4.79 Å². The van der Waals surface area contributed by atoms with Crippen LogP contribution in [0.2, 0.25) is 0 Å². The van der Waals surface area contributed by atoms with Crippen molar-refractivity contribution in [3.63, 3.8) is 0 Å². The van der Waals surface area contributed by atoms with Crippen molar-refractivity contribution in [1.82, 2.24) is 10.2 Å². The summed E-state index contributed by atoms with van der Waals surface area (Å²) in [5, 5.41) is 3.00. The van der Waals surface area contributed by atoms with Crippen LogP contribution in [-0.4, -0.2) is 37.0 Å². The Morgan fingerprint density at radius 2 is 1.94 bits per heavy atom. The molecule has 0 saturated carbocycles. The molecular weight excluding hydrogens is 339 g/mol. The lowest BCUT2D eigenvalue weighted by atomic mass is 10.1. The van der Waals surface area contributed by atoms with E-state index in [2.05, 4.69) is 32.8 Å². The number of piperidine rings is 1. The second kappa shape index (κ2) is 7.09. The van der Waals surface area contributed by atoms with Crippen molar-refractivity contribution < 1.29 is 4.79 Å². The summed E-state index contributed by atoms with van der Waals surface area (Å²) in [5.41, 5.74) is 0.775. The fourth-order valence-electron chi connectivity index (χ4n) is 2.25. The van der Waals surface area contributed by atoms with Crippen molar-refractivity contribution >= 4 is 28.5 Å². The van der Waals surface area contributed by atoms with E-state index in [0.717, 1.165) is 22.2 Å². The van der Waals surface area contributed by atoms with Gasteiger partial charge in [-0.1, -0.05) is 18.6 Å². The molecule has 1 heterocycles. The van der Waals surface area contributed by atoms with E-state index in [4.69, 9.17) is 0 Å². The minimum atomic E-state index is 0.0389. The molecule has 0 unspecified atom stereocenters. The molecule has 1 N–H and O–H groups in total. The van der Waals surface area contributed by atoms with Crippen LogP contribution >= 0.6 is 22.6 Å². The maximum atomic E-state index is 12.0. The molecule has 0 radical (unpaired) electrons. The largest absolute Gasteiger partial charge is 0.351 e. The molecule has 1 saturated heterocycles. The van der Waals surface area contributed by atoms with Gasteiger partial charge in [0.2, 0.25) is 0 Å². The highest BCUT2D eigenvalue weighted by atomic mass is 127. The molecule has 1 aliphatic rings. The molecule has 2 rings (SSSR count). The summed E-state index contributed by atoms with van der Waals surface area (Å²) < 4.78 is 1.01. The van der Waals surface area contributed by atoms with Gasteiger partial charge in [0.15, 0.2) is 0 Å². The Kier molecular flexibility index (Phi) is 5.44. The molecule has 3 nitrogen and oxygen atoms in total. The van der Waals surface area contributed by atoms with Crippen molar-refractivity contribution in [3.8, 4) is 0 Å². The van der Waals surface area contributed by atoms with Gasteiger partial charge in [-0.15, -0.1) is 0 Å². The van der Waals surface area contributed by atoms with Crippen LogP contribution < -0.4 is 5.32 Å². The lowest BCUT2D eigenvalue weighted by Gasteiger charge is -2.26. The Balaban J connectivity index is 1.76. The highest BCUT2D eigenvalue weighted by Crippen LogP contribution is 2.11. The molecule has 0 aromatic heterocycles. The van der Waals surface area contributed by atoms with Gasteiger partial charge in [0.1, 0.15) is 0 Å². The Morgan fingerprint density at radius 3 is 2.67 bits per heavy atom. The predicted molar refractivity (Wildman–Crippen MR) is 81.8 cm³/mol. The third-order valence-electron chi connectivity index (χ3n) is 3.28. The van der Waals surface area contributed by atoms with Crippen molar-refractivity contribution in [2.24, 2.45) is 0 Å². The highest BCUT2D eigenvalue weighted by molar-refractivity contribution is 14.1. The normalized spacial score (nSPS) is 16.5. The van der Waals surface area contributed by atoms with Crippen LogP contribution in [0.3, 0.4) is 0 Å². The number of likely N-dealkylation sites (tertiary alicyclic amines) is 1. The van der Waals surface area contributed by atoms with Gasteiger partial charge in [-0.05, 0) is 60.7 Å². The number of carbonyl (C=O) groups excluding carboxylic acids is 1. The van der Waals surface area contributed by atoms with Gasteiger partial charge in [0.05, 0.1) is 5.56 Å². The molecule has 0 aliphatic carbocycles. The summed E-state index contributed by atoms with van der Waals surface area (Å²) in [5.74, 6) is 0.0389. The SMILES string of the molecule is O=C(NCCN1CCCCC1)c1ccccc1I. The number of rotatable bonds is 4. The number of nitrogens with zero attached hydrogens (tertiary/aromatic N) is 1. The average molecular weight is 358 g/mol. The summed E-state index contributed by atoms with van der Waals surface area (Å²) in [6.45, 7) is 4.07. The molecule has 1 aromatic carbocycles. The van der Waals surface area contributed by atoms with Crippen molar-refractivity contribution in [1.29, 1.82) is 0 Å². The van der Waals surface area contributed by atoms with E-state index >= 15 is 0 Å². The Bertz CT molecular complexity index is 403. The van der Waals surface area contributed by atoms with Crippen molar-refractivity contribution in [3.05, 3.63) is 33.4 Å². The van der Waals surface area contributed by atoms with Gasteiger partial charge in [-0.3, -0.25) is 4.79 Å². The Morgan fingerprint density at radius 1 is 1.22 bits per heavy atom. The zero-order valence-corrected chi connectivity index (χ0v) is 12.7. The number of hydrogen-bond donors (Lipinski definition) is 1. The third-order valence-corrected chi connectivity index (χ3v) is 4.22. The maximum absolute atomic E-state index is 12.0. The van der Waals surface area contributed by atoms with E-state index in [1.165, 1.54) is 32.4 Å². The van der Waals surface area contributed by atoms with E-state index < -0.39 is 0 Å². The monoisotopic (exact) mass is 358 g/mol. The van der Waals surface area contributed by atoms with E-state index in [1.807, 2.05) is 24.3 Å². The quantitative estimate of drug-likeness (QED) is 0.839. The smallest absolute Gasteiger partial charge is 0.252 e. The Labute approximate surface area is 122 Å². The van der Waals surface area contributed by atoms with E-state index in [1.54, 1.807) is 0 Å². The molecule has 4 heteroatoms. The Hall–Kier alpha value is -0.620. The van der Waals surface area contributed by atoms with Crippen LogP contribution in [0.4, 0.5) is 0 Å². The molecule has 1 fully saturated rings. The van der Waals surface area contributed by atoms with Gasteiger partial charge in [0.25, 0.3) is 5.91 Å². The minimum absolute atomic E-state index is 0.0389. The van der Waals surface area contributed by atoms with Gasteiger partial charge in [-0.25, -0.2) is 0 Å². The van der Waals surface area contributed by atoms with Crippen LogP contribution in [0.25, 0.3) is 0 Å². The molecular formula is C14H19IN2O. The molecule has 0 spiro atoms. The lowest BCUT2D eigenvalue weighted by Crippen LogP contribution is -2.37. The van der Waals surface area contributed by atoms with Gasteiger partial charge in [-0.2, -0.15) is 0 Å². The predicted octanol–water partition coefficient (Wildman–Crippen LogP) is 2.51. The first-order chi connectivity index (χ1) is 8.77. The molecule has 1 amide bonds. The first kappa shape index (κ1) is 13.8. The second-order valence-corrected chi connectivity index (χ2v) is 5.80. The summed E-state index contributed by atoms with van der Waals surface area (Å²) >= 11 is 2.20. The fourth-order valence-corrected chi connectivity index (χ4v) is 2.88. The average Bonchev–Trinajstić information content (AvgIpc) is 2.40. The first-order valence-corrected chi connectivity index (χ1v) is 7.60. The standard InChI is InChI=1S/C14H19IN2O/c15-13-7-3-2-6-12(13)14(18)16-8-11-17-9-4-1-5-10-17/h2-3,6-7H,1,4-5,8-11H2,(H,16,18). The first-order valence-electron chi connectivity index (χ1n) is 6.52. The van der Waals surface area contributed by atoms with Gasteiger partial charge >= 0.3 is 0 Å². The topological polar surface area (TPSA) is 32.3 Å². The number of halogens is 1. The molecule has 1 aliphatic heterocycles. The summed E-state index contributed by atoms with van der Waals surface area (Å²) in [6, 6.07) is 7.69. The van der Waals surface area contributed by atoms with Gasteiger partial charge in [0, 0.05) is 16.7 Å². The number of carbonyl (C=O) groups is 1. The minimum Gasteiger partial charge on any atom is -0.351 e. The molecule has 18 heavy (non-hydrogen) atoms. The summed E-state index contributed by atoms with van der Waals surface area (Å²) in [6.07, 6.45) is 3.94. The number of nitrogens with one attached hydrogen (secondary N) is 1. The second-order valence-electron chi connectivity index (χ2n) is 4.64. The summed E-state index contributed by atoms with van der Waals surface area (Å²) in [4.78, 5) is 14.4. The van der Waals surface area contributed by atoms with Crippen LogP contribution in [0.1, 0.15) is 29.6 Å². The number of amides is 1. The fraction of sp³-hybridized carbons (Fsp3) is 0.500. The highest BCUT2D eigenvalue weighted by Gasteiger charge is 2.11. The van der Waals surface area contributed by atoms with Crippen LogP contribution in [-0.2, 0) is 0 Å². The third kappa shape index (κ3) is 3.95. The lowest BCUT2D eigenvalue weighted by molar-refractivity contribution is 0.0945. The summed E-state index contributed by atoms with van der Waals surface area (Å²) in [7, 11) is 0. The van der Waals surface area contributed by atoms with Crippen LogP contribution in [0, 0.1) is 3.57 Å². The zero-order chi connectivity index (χ0) is 12.8. The maximum Gasteiger partial charge on any atom is 0.252 e.